The minimum absolute atomic E-state index is 0.0242. The van der Waals surface area contributed by atoms with Crippen LogP contribution in [0.15, 0.2) is 212 Å². The summed E-state index contributed by atoms with van der Waals surface area (Å²) in [7, 11) is -2.77. The van der Waals surface area contributed by atoms with Gasteiger partial charge in [0.2, 0.25) is 0 Å². The predicted molar refractivity (Wildman–Crippen MR) is 212 cm³/mol. The maximum absolute atomic E-state index is 15.7. The number of hydrogen-bond donors (Lipinski definition) is 0. The standard InChI is InChI=1S/C48H35OP/c49-47-43(36-22-8-1-9-23-36)45(38-26-12-3-13-27-38)48(46(39-28-14-4-15-29-39)44(47)37-24-10-2-11-25-37)50(40-30-16-5-17-31-40,41-32-18-6-19-33-41)42-34-20-7-21-35-42/h1-35H. The third-order valence-corrected chi connectivity index (χ3v) is 13.8. The molecule has 0 amide bonds. The Kier molecular flexibility index (Phi) is 8.66. The molecule has 0 aliphatic carbocycles. The van der Waals surface area contributed by atoms with Crippen molar-refractivity contribution in [2.24, 2.45) is 0 Å². The van der Waals surface area contributed by atoms with Crippen LogP contribution in [0, 0.1) is 0 Å². The summed E-state index contributed by atoms with van der Waals surface area (Å²) in [5, 5.41) is 20.5. The van der Waals surface area contributed by atoms with E-state index in [2.05, 4.69) is 164 Å². The zero-order valence-corrected chi connectivity index (χ0v) is 28.5. The Morgan fingerprint density at radius 1 is 0.260 bits per heavy atom. The minimum Gasteiger partial charge on any atom is -0.872 e. The molecule has 1 nitrogen and oxygen atoms in total. The van der Waals surface area contributed by atoms with E-state index in [1.807, 2.05) is 48.5 Å². The van der Waals surface area contributed by atoms with Crippen molar-refractivity contribution in [2.75, 3.05) is 0 Å². The fourth-order valence-corrected chi connectivity index (χ4v) is 12.1. The van der Waals surface area contributed by atoms with Gasteiger partial charge in [0.05, 0.1) is 0 Å². The summed E-state index contributed by atoms with van der Waals surface area (Å²) in [5.41, 5.74) is 7.23. The molecule has 0 spiro atoms. The van der Waals surface area contributed by atoms with Crippen molar-refractivity contribution >= 4 is 28.5 Å². The van der Waals surface area contributed by atoms with Gasteiger partial charge in [0, 0.05) is 11.1 Å². The molecule has 50 heavy (non-hydrogen) atoms. The van der Waals surface area contributed by atoms with E-state index in [9.17, 15) is 0 Å². The second-order valence-electron chi connectivity index (χ2n) is 12.3. The molecule has 8 aromatic rings. The van der Waals surface area contributed by atoms with E-state index in [4.69, 9.17) is 0 Å². The highest BCUT2D eigenvalue weighted by molar-refractivity contribution is 8.02. The molecule has 0 fully saturated rings. The molecule has 0 aliphatic heterocycles. The van der Waals surface area contributed by atoms with Gasteiger partial charge in [0.1, 0.15) is 28.5 Å². The van der Waals surface area contributed by atoms with Crippen molar-refractivity contribution in [1.29, 1.82) is 0 Å². The molecule has 238 valence electrons. The first-order valence-corrected chi connectivity index (χ1v) is 18.8. The molecule has 2 heteroatoms. The monoisotopic (exact) mass is 658 g/mol. The van der Waals surface area contributed by atoms with Gasteiger partial charge in [0.25, 0.3) is 0 Å². The van der Waals surface area contributed by atoms with E-state index in [0.717, 1.165) is 44.5 Å². The smallest absolute Gasteiger partial charge is 0.145 e. The van der Waals surface area contributed by atoms with Crippen LogP contribution in [0.5, 0.6) is 5.75 Å². The highest BCUT2D eigenvalue weighted by Gasteiger charge is 2.52. The summed E-state index contributed by atoms with van der Waals surface area (Å²) < 4.78 is 0. The Morgan fingerprint density at radius 3 is 0.740 bits per heavy atom. The molecular formula is C48H35OP. The van der Waals surface area contributed by atoms with Crippen LogP contribution in [0.3, 0.4) is 0 Å². The molecular weight excluding hydrogens is 624 g/mol. The molecule has 8 aromatic carbocycles. The van der Waals surface area contributed by atoms with E-state index in [1.54, 1.807) is 0 Å². The summed E-state index contributed by atoms with van der Waals surface area (Å²) in [4.78, 5) is 0. The molecule has 0 N–H and O–H groups in total. The number of hydrogen-bond acceptors (Lipinski definition) is 1. The normalized spacial score (nSPS) is 11.3. The van der Waals surface area contributed by atoms with Gasteiger partial charge >= 0.3 is 0 Å². The van der Waals surface area contributed by atoms with Crippen molar-refractivity contribution in [2.45, 2.75) is 0 Å². The lowest BCUT2D eigenvalue weighted by Crippen LogP contribution is -2.41. The third kappa shape index (κ3) is 5.43. The summed E-state index contributed by atoms with van der Waals surface area (Å²) in [6.45, 7) is 0. The molecule has 0 bridgehead atoms. The Hall–Kier alpha value is -6.01. The van der Waals surface area contributed by atoms with Crippen molar-refractivity contribution in [3.8, 4) is 50.3 Å². The minimum atomic E-state index is -2.77. The first-order valence-electron chi connectivity index (χ1n) is 17.0. The van der Waals surface area contributed by atoms with Gasteiger partial charge in [-0.1, -0.05) is 182 Å². The van der Waals surface area contributed by atoms with Crippen molar-refractivity contribution in [1.82, 2.24) is 0 Å². The molecule has 0 saturated heterocycles. The molecule has 0 heterocycles. The quantitative estimate of drug-likeness (QED) is 0.149. The second kappa shape index (κ2) is 13.8. The van der Waals surface area contributed by atoms with Gasteiger partial charge in [0.15, 0.2) is 0 Å². The summed E-state index contributed by atoms with van der Waals surface area (Å²) >= 11 is 0. The highest BCUT2D eigenvalue weighted by Crippen LogP contribution is 2.62. The lowest BCUT2D eigenvalue weighted by molar-refractivity contribution is -0.266. The van der Waals surface area contributed by atoms with Crippen LogP contribution >= 0.6 is 7.26 Å². The van der Waals surface area contributed by atoms with Crippen LogP contribution < -0.4 is 26.3 Å². The van der Waals surface area contributed by atoms with Gasteiger partial charge < -0.3 is 5.11 Å². The van der Waals surface area contributed by atoms with E-state index in [1.165, 1.54) is 21.2 Å². The van der Waals surface area contributed by atoms with Crippen LogP contribution in [0.1, 0.15) is 0 Å². The van der Waals surface area contributed by atoms with Crippen molar-refractivity contribution < 1.29 is 5.11 Å². The van der Waals surface area contributed by atoms with E-state index >= 15 is 5.11 Å². The summed E-state index contributed by atoms with van der Waals surface area (Å²) in [6, 6.07) is 74.5. The highest BCUT2D eigenvalue weighted by atomic mass is 31.2. The fourth-order valence-electron chi connectivity index (χ4n) is 7.37. The van der Waals surface area contributed by atoms with Crippen LogP contribution in [0.25, 0.3) is 44.5 Å². The summed E-state index contributed by atoms with van der Waals surface area (Å²) in [6.07, 6.45) is 0. The zero-order valence-electron chi connectivity index (χ0n) is 27.6. The zero-order chi connectivity index (χ0) is 33.8. The van der Waals surface area contributed by atoms with E-state index in [0.29, 0.717) is 0 Å². The fraction of sp³-hybridized carbons (Fsp3) is 0. The third-order valence-electron chi connectivity index (χ3n) is 9.44. The lowest BCUT2D eigenvalue weighted by Gasteiger charge is -2.36. The van der Waals surface area contributed by atoms with Gasteiger partial charge in [-0.15, -0.1) is 0 Å². The molecule has 0 aromatic heterocycles. The SMILES string of the molecule is [O-]c1c(-c2ccccc2)c(-c2ccccc2)c([P+](c2ccccc2)(c2ccccc2)c2ccccc2)c(-c2ccccc2)c1-c1ccccc1. The van der Waals surface area contributed by atoms with E-state index < -0.39 is 7.26 Å². The lowest BCUT2D eigenvalue weighted by atomic mass is 9.84. The summed E-state index contributed by atoms with van der Waals surface area (Å²) in [5.74, 6) is 0.0242. The Morgan fingerprint density at radius 2 is 0.480 bits per heavy atom. The second-order valence-corrected chi connectivity index (χ2v) is 15.7. The average molecular weight is 659 g/mol. The molecule has 0 atom stereocenters. The van der Waals surface area contributed by atoms with Gasteiger partial charge in [-0.25, -0.2) is 0 Å². The Balaban J connectivity index is 1.74. The maximum atomic E-state index is 15.7. The first-order chi connectivity index (χ1) is 24.8. The van der Waals surface area contributed by atoms with Gasteiger partial charge in [-0.2, -0.15) is 0 Å². The molecule has 0 saturated carbocycles. The predicted octanol–water partition coefficient (Wildman–Crippen LogP) is 10.0. The molecule has 0 radical (unpaired) electrons. The van der Waals surface area contributed by atoms with Gasteiger partial charge in [-0.3, -0.25) is 0 Å². The largest absolute Gasteiger partial charge is 0.872 e. The molecule has 8 rings (SSSR count). The number of benzene rings is 8. The molecule has 0 aliphatic rings. The topological polar surface area (TPSA) is 23.1 Å². The van der Waals surface area contributed by atoms with Crippen molar-refractivity contribution in [3.63, 3.8) is 0 Å². The van der Waals surface area contributed by atoms with Crippen LogP contribution in [0.2, 0.25) is 0 Å². The Labute approximate surface area is 295 Å². The van der Waals surface area contributed by atoms with Crippen LogP contribution in [-0.4, -0.2) is 0 Å². The first kappa shape index (κ1) is 31.3. The number of rotatable bonds is 8. The van der Waals surface area contributed by atoms with Crippen molar-refractivity contribution in [3.05, 3.63) is 212 Å². The molecule has 0 unspecified atom stereocenters. The average Bonchev–Trinajstić information content (AvgIpc) is 3.21. The van der Waals surface area contributed by atoms with Gasteiger partial charge in [-0.05, 0) is 69.8 Å². The van der Waals surface area contributed by atoms with Crippen LogP contribution in [-0.2, 0) is 0 Å². The Bertz CT molecular complexity index is 2120. The maximum Gasteiger partial charge on any atom is 0.145 e. The van der Waals surface area contributed by atoms with Crippen LogP contribution in [0.4, 0.5) is 0 Å². The van der Waals surface area contributed by atoms with E-state index in [-0.39, 0.29) is 5.75 Å².